The fraction of sp³-hybridized carbons (Fsp3) is 0.333. The number of halogens is 1. The van der Waals surface area contributed by atoms with E-state index in [9.17, 15) is 14.7 Å². The van der Waals surface area contributed by atoms with Crippen molar-refractivity contribution in [3.63, 3.8) is 0 Å². The van der Waals surface area contributed by atoms with Crippen LogP contribution in [-0.4, -0.2) is 22.2 Å². The molecule has 1 atom stereocenters. The summed E-state index contributed by atoms with van der Waals surface area (Å²) < 4.78 is 0. The normalized spacial score (nSPS) is 13.2. The van der Waals surface area contributed by atoms with E-state index < -0.39 is 11.4 Å². The Kier molecular flexibility index (Phi) is 6.94. The van der Waals surface area contributed by atoms with Crippen LogP contribution in [0.25, 0.3) is 0 Å². The van der Waals surface area contributed by atoms with Crippen LogP contribution in [0, 0.1) is 0 Å². The van der Waals surface area contributed by atoms with Gasteiger partial charge in [-0.1, -0.05) is 77.3 Å². The summed E-state index contributed by atoms with van der Waals surface area (Å²) in [6.07, 6.45) is 3.41. The standard InChI is InChI=1S/C21H23BrO3/c1-21(20(24)25,13-6-3-7-14-22)18-12-8-11-17(15-18)19(23)16-9-4-2-5-10-16/h2,4-5,8-12,15H,3,6-7,13-14H2,1H3,(H,24,25). The zero-order valence-corrected chi connectivity index (χ0v) is 16.0. The van der Waals surface area contributed by atoms with Crippen LogP contribution in [0.5, 0.6) is 0 Å². The van der Waals surface area contributed by atoms with Gasteiger partial charge in [0, 0.05) is 16.5 Å². The zero-order chi connectivity index (χ0) is 18.3. The second-order valence-corrected chi connectivity index (χ2v) is 7.21. The molecule has 132 valence electrons. The number of aliphatic carboxylic acids is 1. The summed E-state index contributed by atoms with van der Waals surface area (Å²) in [6.45, 7) is 1.75. The van der Waals surface area contributed by atoms with Crippen LogP contribution < -0.4 is 0 Å². The van der Waals surface area contributed by atoms with Crippen molar-refractivity contribution in [1.82, 2.24) is 0 Å². The molecule has 25 heavy (non-hydrogen) atoms. The van der Waals surface area contributed by atoms with Crippen molar-refractivity contribution in [1.29, 1.82) is 0 Å². The summed E-state index contributed by atoms with van der Waals surface area (Å²) in [4.78, 5) is 24.6. The van der Waals surface area contributed by atoms with E-state index >= 15 is 0 Å². The van der Waals surface area contributed by atoms with E-state index in [-0.39, 0.29) is 5.78 Å². The molecule has 0 aliphatic rings. The Balaban J connectivity index is 2.28. The minimum atomic E-state index is -0.987. The number of rotatable bonds is 9. The van der Waals surface area contributed by atoms with Gasteiger partial charge in [-0.3, -0.25) is 9.59 Å². The lowest BCUT2D eigenvalue weighted by molar-refractivity contribution is -0.143. The summed E-state index contributed by atoms with van der Waals surface area (Å²) >= 11 is 3.40. The van der Waals surface area contributed by atoms with Gasteiger partial charge in [0.2, 0.25) is 0 Å². The van der Waals surface area contributed by atoms with Gasteiger partial charge in [-0.25, -0.2) is 0 Å². The van der Waals surface area contributed by atoms with Crippen LogP contribution in [0.4, 0.5) is 0 Å². The highest BCUT2D eigenvalue weighted by Crippen LogP contribution is 2.31. The number of hydrogen-bond acceptors (Lipinski definition) is 2. The van der Waals surface area contributed by atoms with Crippen LogP contribution in [0.1, 0.15) is 54.1 Å². The molecule has 1 N–H and O–H groups in total. The molecule has 0 radical (unpaired) electrons. The lowest BCUT2D eigenvalue weighted by atomic mass is 9.77. The maximum atomic E-state index is 12.6. The van der Waals surface area contributed by atoms with Crippen LogP contribution in [-0.2, 0) is 10.2 Å². The number of unbranched alkanes of at least 4 members (excludes halogenated alkanes) is 2. The Morgan fingerprint density at radius 1 is 0.960 bits per heavy atom. The highest BCUT2D eigenvalue weighted by molar-refractivity contribution is 9.09. The molecule has 0 spiro atoms. The third-order valence-corrected chi connectivity index (χ3v) is 5.14. The summed E-state index contributed by atoms with van der Waals surface area (Å²) in [5.41, 5.74) is 0.825. The summed E-state index contributed by atoms with van der Waals surface area (Å²) in [5.74, 6) is -0.940. The number of carboxylic acid groups (broad SMARTS) is 1. The quantitative estimate of drug-likeness (QED) is 0.355. The van der Waals surface area contributed by atoms with Gasteiger partial charge in [-0.05, 0) is 31.4 Å². The Bertz CT molecular complexity index is 727. The largest absolute Gasteiger partial charge is 0.481 e. The number of hydrogen-bond donors (Lipinski definition) is 1. The van der Waals surface area contributed by atoms with Gasteiger partial charge in [-0.2, -0.15) is 0 Å². The second kappa shape index (κ2) is 8.95. The van der Waals surface area contributed by atoms with Gasteiger partial charge in [0.1, 0.15) is 0 Å². The van der Waals surface area contributed by atoms with E-state index in [1.54, 1.807) is 43.3 Å². The minimum Gasteiger partial charge on any atom is -0.481 e. The molecule has 2 aromatic carbocycles. The molecule has 0 amide bonds. The van der Waals surface area contributed by atoms with E-state index in [1.165, 1.54) is 0 Å². The van der Waals surface area contributed by atoms with E-state index in [0.717, 1.165) is 24.6 Å². The van der Waals surface area contributed by atoms with E-state index in [1.807, 2.05) is 18.2 Å². The third kappa shape index (κ3) is 4.79. The van der Waals surface area contributed by atoms with E-state index in [4.69, 9.17) is 0 Å². The molecule has 0 aliphatic carbocycles. The number of alkyl halides is 1. The summed E-state index contributed by atoms with van der Waals surface area (Å²) in [6, 6.07) is 16.1. The molecule has 1 unspecified atom stereocenters. The first-order valence-corrected chi connectivity index (χ1v) is 9.61. The molecule has 0 saturated heterocycles. The molecule has 0 heterocycles. The predicted molar refractivity (Wildman–Crippen MR) is 104 cm³/mol. The molecular weight excluding hydrogens is 380 g/mol. The second-order valence-electron chi connectivity index (χ2n) is 6.41. The zero-order valence-electron chi connectivity index (χ0n) is 14.4. The monoisotopic (exact) mass is 402 g/mol. The fourth-order valence-electron chi connectivity index (χ4n) is 2.88. The van der Waals surface area contributed by atoms with Crippen molar-refractivity contribution in [2.75, 3.05) is 5.33 Å². The Hall–Kier alpha value is -1.94. The first-order valence-electron chi connectivity index (χ1n) is 8.48. The van der Waals surface area contributed by atoms with E-state index in [0.29, 0.717) is 23.1 Å². The molecule has 0 bridgehead atoms. The van der Waals surface area contributed by atoms with Crippen molar-refractivity contribution in [3.05, 3.63) is 71.3 Å². The van der Waals surface area contributed by atoms with Crippen LogP contribution >= 0.6 is 15.9 Å². The SMILES string of the molecule is CC(CCCCCBr)(C(=O)O)c1cccc(C(=O)c2ccccc2)c1. The van der Waals surface area contributed by atoms with Crippen molar-refractivity contribution in [3.8, 4) is 0 Å². The summed E-state index contributed by atoms with van der Waals surface area (Å²) in [5, 5.41) is 10.7. The van der Waals surface area contributed by atoms with E-state index in [2.05, 4.69) is 15.9 Å². The first-order chi connectivity index (χ1) is 12.0. The first kappa shape index (κ1) is 19.4. The number of carbonyl (C=O) groups excluding carboxylic acids is 1. The van der Waals surface area contributed by atoms with Gasteiger partial charge in [0.25, 0.3) is 0 Å². The molecule has 2 aromatic rings. The highest BCUT2D eigenvalue weighted by atomic mass is 79.9. The molecular formula is C21H23BrO3. The number of benzene rings is 2. The minimum absolute atomic E-state index is 0.0884. The number of carboxylic acids is 1. The van der Waals surface area contributed by atoms with Gasteiger partial charge in [0.15, 0.2) is 5.78 Å². The molecule has 0 aliphatic heterocycles. The van der Waals surface area contributed by atoms with Crippen LogP contribution in [0.15, 0.2) is 54.6 Å². The average molecular weight is 403 g/mol. The molecule has 3 nitrogen and oxygen atoms in total. The van der Waals surface area contributed by atoms with Crippen molar-refractivity contribution < 1.29 is 14.7 Å². The molecule has 0 saturated carbocycles. The maximum Gasteiger partial charge on any atom is 0.313 e. The fourth-order valence-corrected chi connectivity index (χ4v) is 3.28. The lowest BCUT2D eigenvalue weighted by Gasteiger charge is -2.26. The Morgan fingerprint density at radius 2 is 1.64 bits per heavy atom. The van der Waals surface area contributed by atoms with Crippen LogP contribution in [0.2, 0.25) is 0 Å². The van der Waals surface area contributed by atoms with Crippen LogP contribution in [0.3, 0.4) is 0 Å². The average Bonchev–Trinajstić information content (AvgIpc) is 2.65. The lowest BCUT2D eigenvalue weighted by Crippen LogP contribution is -2.32. The Labute approximate surface area is 157 Å². The number of carbonyl (C=O) groups is 2. The Morgan fingerprint density at radius 3 is 2.28 bits per heavy atom. The third-order valence-electron chi connectivity index (χ3n) is 4.58. The molecule has 0 aromatic heterocycles. The van der Waals surface area contributed by atoms with Gasteiger partial charge < -0.3 is 5.11 Å². The highest BCUT2D eigenvalue weighted by Gasteiger charge is 2.35. The summed E-state index contributed by atoms with van der Waals surface area (Å²) in [7, 11) is 0. The van der Waals surface area contributed by atoms with Crippen molar-refractivity contribution >= 4 is 27.7 Å². The predicted octanol–water partition coefficient (Wildman–Crippen LogP) is 5.22. The molecule has 4 heteroatoms. The van der Waals surface area contributed by atoms with Gasteiger partial charge in [-0.15, -0.1) is 0 Å². The number of ketones is 1. The van der Waals surface area contributed by atoms with Crippen molar-refractivity contribution in [2.24, 2.45) is 0 Å². The maximum absolute atomic E-state index is 12.6. The smallest absolute Gasteiger partial charge is 0.313 e. The van der Waals surface area contributed by atoms with Gasteiger partial charge >= 0.3 is 5.97 Å². The molecule has 2 rings (SSSR count). The van der Waals surface area contributed by atoms with Gasteiger partial charge in [0.05, 0.1) is 5.41 Å². The van der Waals surface area contributed by atoms with Crippen molar-refractivity contribution in [2.45, 2.75) is 38.0 Å². The topological polar surface area (TPSA) is 54.4 Å². The molecule has 0 fully saturated rings.